The smallest absolute Gasteiger partial charge is 0.305 e. The van der Waals surface area contributed by atoms with E-state index in [4.69, 9.17) is 4.74 Å². The molecule has 0 aliphatic heterocycles. The minimum absolute atomic E-state index is 0.133. The van der Waals surface area contributed by atoms with Crippen molar-refractivity contribution in [3.8, 4) is 11.1 Å². The monoisotopic (exact) mass is 298 g/mol. The number of carbonyl (C=O) groups is 1. The van der Waals surface area contributed by atoms with Crippen LogP contribution in [0.4, 0.5) is 0 Å². The molecule has 0 bridgehead atoms. The highest BCUT2D eigenvalue weighted by Gasteiger charge is 2.28. The Morgan fingerprint density at radius 3 is 2.14 bits per heavy atom. The summed E-state index contributed by atoms with van der Waals surface area (Å²) in [5.41, 5.74) is 5.01. The van der Waals surface area contributed by atoms with E-state index in [-0.39, 0.29) is 11.9 Å². The number of fused-ring (bicyclic) bond motifs is 3. The first kappa shape index (κ1) is 14.2. The van der Waals surface area contributed by atoms with E-state index >= 15 is 0 Å². The molecule has 0 aromatic heterocycles. The van der Waals surface area contributed by atoms with Gasteiger partial charge in [0.15, 0.2) is 0 Å². The predicted octanol–water partition coefficient (Wildman–Crippen LogP) is 4.05. The van der Waals surface area contributed by atoms with Gasteiger partial charge >= 0.3 is 5.97 Å². The summed E-state index contributed by atoms with van der Waals surface area (Å²) in [5, 5.41) is 0. The Labute approximate surface area is 130 Å². The Morgan fingerprint density at radius 1 is 1.00 bits per heavy atom. The van der Waals surface area contributed by atoms with Gasteiger partial charge in [-0.1, -0.05) is 48.5 Å². The molecule has 0 unspecified atom stereocenters. The van der Waals surface area contributed by atoms with E-state index in [9.17, 15) is 4.79 Å². The maximum Gasteiger partial charge on any atom is 0.305 e. The minimum Gasteiger partial charge on any atom is -0.465 e. The van der Waals surface area contributed by atoms with Crippen molar-refractivity contribution in [1.82, 2.24) is 0 Å². The fourth-order valence-corrected chi connectivity index (χ4v) is 3.07. The molecule has 1 aliphatic rings. The molecule has 2 nitrogen and oxygen atoms in total. The van der Waals surface area contributed by atoms with Crippen LogP contribution < -0.4 is 0 Å². The van der Waals surface area contributed by atoms with Crippen LogP contribution in [-0.4, -0.2) is 18.3 Å². The van der Waals surface area contributed by atoms with Crippen LogP contribution in [-0.2, 0) is 9.53 Å². The molecule has 2 aromatic rings. The molecular formula is C18H18O2S. The third-order valence-electron chi connectivity index (χ3n) is 3.91. The van der Waals surface area contributed by atoms with Gasteiger partial charge in [-0.3, -0.25) is 4.79 Å². The van der Waals surface area contributed by atoms with E-state index in [0.717, 1.165) is 6.42 Å². The van der Waals surface area contributed by atoms with E-state index in [2.05, 4.69) is 49.0 Å². The van der Waals surface area contributed by atoms with Gasteiger partial charge in [0.1, 0.15) is 6.61 Å². The van der Waals surface area contributed by atoms with Gasteiger partial charge in [-0.25, -0.2) is 0 Å². The first-order valence-electron chi connectivity index (χ1n) is 7.26. The lowest BCUT2D eigenvalue weighted by Crippen LogP contribution is -2.12. The maximum atomic E-state index is 11.7. The first-order valence-corrected chi connectivity index (χ1v) is 7.89. The molecule has 2 aromatic carbocycles. The van der Waals surface area contributed by atoms with Crippen molar-refractivity contribution in [2.24, 2.45) is 0 Å². The number of benzene rings is 2. The molecule has 1 aliphatic carbocycles. The van der Waals surface area contributed by atoms with Crippen LogP contribution in [0.2, 0.25) is 0 Å². The number of esters is 1. The zero-order valence-electron chi connectivity index (χ0n) is 11.8. The summed E-state index contributed by atoms with van der Waals surface area (Å²) in [4.78, 5) is 11.7. The minimum atomic E-state index is -0.133. The quantitative estimate of drug-likeness (QED) is 0.666. The summed E-state index contributed by atoms with van der Waals surface area (Å²) in [7, 11) is 0. The lowest BCUT2D eigenvalue weighted by molar-refractivity contribution is -0.143. The van der Waals surface area contributed by atoms with Gasteiger partial charge in [0.05, 0.1) is 0 Å². The zero-order valence-corrected chi connectivity index (χ0v) is 12.7. The number of ether oxygens (including phenoxy) is 1. The van der Waals surface area contributed by atoms with Gasteiger partial charge in [-0.2, -0.15) is 12.6 Å². The van der Waals surface area contributed by atoms with Crippen LogP contribution >= 0.6 is 12.6 Å². The fraction of sp³-hybridized carbons (Fsp3) is 0.278. The van der Waals surface area contributed by atoms with E-state index in [1.54, 1.807) is 0 Å². The second-order valence-corrected chi connectivity index (χ2v) is 5.68. The molecule has 0 spiro atoms. The number of carbonyl (C=O) groups excluding carboxylic acids is 1. The lowest BCUT2D eigenvalue weighted by Gasteiger charge is -2.14. The Balaban J connectivity index is 1.81. The summed E-state index contributed by atoms with van der Waals surface area (Å²) >= 11 is 4.12. The van der Waals surface area contributed by atoms with Crippen molar-refractivity contribution in [2.75, 3.05) is 12.4 Å². The van der Waals surface area contributed by atoms with Gasteiger partial charge in [-0.05, 0) is 34.4 Å². The molecular weight excluding hydrogens is 280 g/mol. The molecule has 0 atom stereocenters. The van der Waals surface area contributed by atoms with Gasteiger partial charge in [0, 0.05) is 12.3 Å². The van der Waals surface area contributed by atoms with Crippen LogP contribution in [0.15, 0.2) is 48.5 Å². The van der Waals surface area contributed by atoms with E-state index < -0.39 is 0 Å². The zero-order chi connectivity index (χ0) is 14.7. The number of rotatable bonds is 5. The Bertz CT molecular complexity index is 606. The van der Waals surface area contributed by atoms with Crippen LogP contribution in [0.25, 0.3) is 11.1 Å². The largest absolute Gasteiger partial charge is 0.465 e. The summed E-state index contributed by atoms with van der Waals surface area (Å²) in [6, 6.07) is 16.7. The summed E-state index contributed by atoms with van der Waals surface area (Å²) in [6.45, 7) is 0.416. The summed E-state index contributed by atoms with van der Waals surface area (Å²) in [5.74, 6) is 0.729. The third-order valence-corrected chi connectivity index (χ3v) is 4.23. The van der Waals surface area contributed by atoms with Gasteiger partial charge in [0.2, 0.25) is 0 Å². The van der Waals surface area contributed by atoms with Crippen LogP contribution in [0, 0.1) is 0 Å². The number of hydrogen-bond donors (Lipinski definition) is 1. The van der Waals surface area contributed by atoms with Crippen molar-refractivity contribution >= 4 is 18.6 Å². The van der Waals surface area contributed by atoms with Crippen LogP contribution in [0.1, 0.15) is 29.9 Å². The van der Waals surface area contributed by atoms with Crippen molar-refractivity contribution in [1.29, 1.82) is 0 Å². The number of hydrogen-bond acceptors (Lipinski definition) is 3. The average molecular weight is 298 g/mol. The number of thiol groups is 1. The Morgan fingerprint density at radius 2 is 1.57 bits per heavy atom. The second kappa shape index (κ2) is 6.35. The van der Waals surface area contributed by atoms with Crippen molar-refractivity contribution in [3.63, 3.8) is 0 Å². The lowest BCUT2D eigenvalue weighted by atomic mass is 9.98. The molecule has 0 radical (unpaired) electrons. The maximum absolute atomic E-state index is 11.7. The first-order chi connectivity index (χ1) is 10.3. The molecule has 0 saturated heterocycles. The standard InChI is InChI=1S/C18H18O2S/c19-18(10-5-11-21)20-12-17-15-8-3-1-6-13(15)14-7-2-4-9-16(14)17/h1-4,6-9,17,21H,5,10-12H2. The van der Waals surface area contributed by atoms with Crippen LogP contribution in [0.5, 0.6) is 0 Å². The molecule has 108 valence electrons. The predicted molar refractivity (Wildman–Crippen MR) is 87.8 cm³/mol. The topological polar surface area (TPSA) is 26.3 Å². The van der Waals surface area contributed by atoms with E-state index in [0.29, 0.717) is 18.8 Å². The highest BCUT2D eigenvalue weighted by molar-refractivity contribution is 7.80. The van der Waals surface area contributed by atoms with Gasteiger partial charge in [0.25, 0.3) is 0 Å². The molecule has 0 saturated carbocycles. The van der Waals surface area contributed by atoms with E-state index in [1.165, 1.54) is 22.3 Å². The van der Waals surface area contributed by atoms with Crippen molar-refractivity contribution in [2.45, 2.75) is 18.8 Å². The van der Waals surface area contributed by atoms with Gasteiger partial charge < -0.3 is 4.74 Å². The highest BCUT2D eigenvalue weighted by atomic mass is 32.1. The van der Waals surface area contributed by atoms with Gasteiger partial charge in [-0.15, -0.1) is 0 Å². The molecule has 0 fully saturated rings. The van der Waals surface area contributed by atoms with Crippen molar-refractivity contribution in [3.05, 3.63) is 59.7 Å². The fourth-order valence-electron chi connectivity index (χ4n) is 2.91. The van der Waals surface area contributed by atoms with E-state index in [1.807, 2.05) is 12.1 Å². The third kappa shape index (κ3) is 2.84. The summed E-state index contributed by atoms with van der Waals surface area (Å²) in [6.07, 6.45) is 1.21. The molecule has 3 rings (SSSR count). The Hall–Kier alpha value is -1.74. The molecule has 0 amide bonds. The normalized spacial score (nSPS) is 12.8. The second-order valence-electron chi connectivity index (χ2n) is 5.24. The molecule has 0 heterocycles. The SMILES string of the molecule is O=C(CCCS)OCC1c2ccccc2-c2ccccc21. The van der Waals surface area contributed by atoms with Crippen LogP contribution in [0.3, 0.4) is 0 Å². The van der Waals surface area contributed by atoms with Crippen molar-refractivity contribution < 1.29 is 9.53 Å². The summed E-state index contributed by atoms with van der Waals surface area (Å²) < 4.78 is 5.47. The molecule has 3 heteroatoms. The highest BCUT2D eigenvalue weighted by Crippen LogP contribution is 2.44. The molecule has 21 heavy (non-hydrogen) atoms. The molecule has 0 N–H and O–H groups in total. The Kier molecular flexibility index (Phi) is 4.30. The average Bonchev–Trinajstić information content (AvgIpc) is 2.85.